The highest BCUT2D eigenvalue weighted by Gasteiger charge is 2.16. The molecule has 1 N–H and O–H groups in total. The van der Waals surface area contributed by atoms with Crippen LogP contribution in [-0.2, 0) is 0 Å². The highest BCUT2D eigenvalue weighted by Crippen LogP contribution is 2.34. The lowest BCUT2D eigenvalue weighted by Crippen LogP contribution is -2.15. The van der Waals surface area contributed by atoms with Crippen molar-refractivity contribution < 1.29 is 4.42 Å². The van der Waals surface area contributed by atoms with Gasteiger partial charge in [-0.1, -0.05) is 36.5 Å². The van der Waals surface area contributed by atoms with Crippen LogP contribution in [0.3, 0.4) is 0 Å². The molecule has 1 atom stereocenters. The first-order valence-electron chi connectivity index (χ1n) is 5.72. The Kier molecular flexibility index (Phi) is 3.97. The van der Waals surface area contributed by atoms with Crippen molar-refractivity contribution in [2.75, 3.05) is 7.05 Å². The first kappa shape index (κ1) is 12.7. The molecule has 0 spiro atoms. The van der Waals surface area contributed by atoms with Crippen LogP contribution >= 0.6 is 23.2 Å². The maximum Gasteiger partial charge on any atom is 0.154 e. The molecule has 92 valence electrons. The second-order valence-electron chi connectivity index (χ2n) is 4.06. The second-order valence-corrected chi connectivity index (χ2v) is 4.84. The van der Waals surface area contributed by atoms with Gasteiger partial charge in [0.1, 0.15) is 10.8 Å². The maximum absolute atomic E-state index is 6.12. The Labute approximate surface area is 111 Å². The van der Waals surface area contributed by atoms with Crippen molar-refractivity contribution in [1.29, 1.82) is 0 Å². The lowest BCUT2D eigenvalue weighted by molar-refractivity contribution is 0.430. The van der Waals surface area contributed by atoms with E-state index in [2.05, 4.69) is 12.2 Å². The SMILES string of the molecule is CCCC(NC)c1cc2ccc(Cl)c(Cl)c2o1. The summed E-state index contributed by atoms with van der Waals surface area (Å²) in [5.74, 6) is 0.911. The molecule has 0 aliphatic heterocycles. The number of hydrogen-bond acceptors (Lipinski definition) is 2. The third kappa shape index (κ3) is 2.44. The lowest BCUT2D eigenvalue weighted by Gasteiger charge is -2.11. The van der Waals surface area contributed by atoms with Crippen LogP contribution in [0.25, 0.3) is 11.0 Å². The van der Waals surface area contributed by atoms with Crippen LogP contribution in [0.15, 0.2) is 22.6 Å². The molecule has 0 saturated carbocycles. The zero-order valence-corrected chi connectivity index (χ0v) is 11.4. The fourth-order valence-corrected chi connectivity index (χ4v) is 2.31. The van der Waals surface area contributed by atoms with Crippen molar-refractivity contribution in [2.24, 2.45) is 0 Å². The van der Waals surface area contributed by atoms with E-state index in [1.807, 2.05) is 19.2 Å². The smallest absolute Gasteiger partial charge is 0.154 e. The van der Waals surface area contributed by atoms with E-state index in [1.165, 1.54) is 0 Å². The number of fused-ring (bicyclic) bond motifs is 1. The highest BCUT2D eigenvalue weighted by molar-refractivity contribution is 6.44. The van der Waals surface area contributed by atoms with Crippen molar-refractivity contribution in [3.63, 3.8) is 0 Å². The van der Waals surface area contributed by atoms with Gasteiger partial charge in [-0.15, -0.1) is 0 Å². The average molecular weight is 272 g/mol. The molecule has 0 saturated heterocycles. The molecule has 17 heavy (non-hydrogen) atoms. The lowest BCUT2D eigenvalue weighted by atomic mass is 10.1. The van der Waals surface area contributed by atoms with Crippen LogP contribution in [0.4, 0.5) is 0 Å². The van der Waals surface area contributed by atoms with Gasteiger partial charge >= 0.3 is 0 Å². The maximum atomic E-state index is 6.12. The Bertz CT molecular complexity index is 521. The Morgan fingerprint density at radius 2 is 2.12 bits per heavy atom. The predicted octanol–water partition coefficient (Wildman–Crippen LogP) is 4.80. The third-order valence-electron chi connectivity index (χ3n) is 2.87. The summed E-state index contributed by atoms with van der Waals surface area (Å²) in [7, 11) is 1.93. The van der Waals surface area contributed by atoms with Gasteiger partial charge < -0.3 is 9.73 Å². The first-order chi connectivity index (χ1) is 8.17. The van der Waals surface area contributed by atoms with Crippen molar-refractivity contribution in [3.05, 3.63) is 34.0 Å². The summed E-state index contributed by atoms with van der Waals surface area (Å²) in [4.78, 5) is 0. The van der Waals surface area contributed by atoms with E-state index < -0.39 is 0 Å². The minimum atomic E-state index is 0.224. The molecular formula is C13H15Cl2NO. The zero-order chi connectivity index (χ0) is 12.4. The topological polar surface area (TPSA) is 25.2 Å². The Balaban J connectivity index is 2.47. The van der Waals surface area contributed by atoms with Crippen molar-refractivity contribution in [2.45, 2.75) is 25.8 Å². The Morgan fingerprint density at radius 1 is 1.35 bits per heavy atom. The van der Waals surface area contributed by atoms with Crippen LogP contribution < -0.4 is 5.32 Å². The van der Waals surface area contributed by atoms with E-state index in [9.17, 15) is 0 Å². The molecule has 2 rings (SSSR count). The minimum absolute atomic E-state index is 0.224. The summed E-state index contributed by atoms with van der Waals surface area (Å²) in [6, 6.07) is 5.96. The van der Waals surface area contributed by atoms with Gasteiger partial charge in [0.25, 0.3) is 0 Å². The van der Waals surface area contributed by atoms with Gasteiger partial charge in [-0.3, -0.25) is 0 Å². The van der Waals surface area contributed by atoms with Crippen molar-refractivity contribution in [1.82, 2.24) is 5.32 Å². The summed E-state index contributed by atoms with van der Waals surface area (Å²) in [6.45, 7) is 2.15. The number of nitrogens with one attached hydrogen (secondary N) is 1. The van der Waals surface area contributed by atoms with Crippen LogP contribution in [0, 0.1) is 0 Å². The molecule has 0 fully saturated rings. The van der Waals surface area contributed by atoms with Gasteiger partial charge in [0.2, 0.25) is 0 Å². The third-order valence-corrected chi connectivity index (χ3v) is 3.65. The van der Waals surface area contributed by atoms with Gasteiger partial charge in [-0.05, 0) is 31.7 Å². The minimum Gasteiger partial charge on any atom is -0.458 e. The summed E-state index contributed by atoms with van der Waals surface area (Å²) in [6.07, 6.45) is 2.12. The largest absolute Gasteiger partial charge is 0.458 e. The van der Waals surface area contributed by atoms with Crippen LogP contribution in [0.5, 0.6) is 0 Å². The van der Waals surface area contributed by atoms with Crippen LogP contribution in [-0.4, -0.2) is 7.05 Å². The fourth-order valence-electron chi connectivity index (χ4n) is 1.95. The first-order valence-corrected chi connectivity index (χ1v) is 6.47. The number of furan rings is 1. The molecule has 0 bridgehead atoms. The zero-order valence-electron chi connectivity index (χ0n) is 9.89. The molecular weight excluding hydrogens is 257 g/mol. The van der Waals surface area contributed by atoms with Gasteiger partial charge in [-0.2, -0.15) is 0 Å². The summed E-state index contributed by atoms with van der Waals surface area (Å²) < 4.78 is 5.81. The van der Waals surface area contributed by atoms with Crippen molar-refractivity contribution >= 4 is 34.2 Å². The molecule has 0 radical (unpaired) electrons. The van der Waals surface area contributed by atoms with E-state index >= 15 is 0 Å². The monoisotopic (exact) mass is 271 g/mol. The molecule has 0 aliphatic carbocycles. The Hall–Kier alpha value is -0.700. The van der Waals surface area contributed by atoms with Crippen LogP contribution in [0.2, 0.25) is 10.0 Å². The number of benzene rings is 1. The van der Waals surface area contributed by atoms with Gasteiger partial charge in [0, 0.05) is 5.39 Å². The highest BCUT2D eigenvalue weighted by atomic mass is 35.5. The van der Waals surface area contributed by atoms with E-state index in [0.29, 0.717) is 15.6 Å². The van der Waals surface area contributed by atoms with Gasteiger partial charge in [0.15, 0.2) is 5.58 Å². The average Bonchev–Trinajstić information content (AvgIpc) is 2.75. The predicted molar refractivity (Wildman–Crippen MR) is 72.9 cm³/mol. The summed E-state index contributed by atoms with van der Waals surface area (Å²) in [5.41, 5.74) is 0.672. The van der Waals surface area contributed by atoms with E-state index in [-0.39, 0.29) is 6.04 Å². The number of halogens is 2. The van der Waals surface area contributed by atoms with E-state index in [1.54, 1.807) is 6.07 Å². The van der Waals surface area contributed by atoms with E-state index in [0.717, 1.165) is 24.0 Å². The molecule has 1 heterocycles. The molecule has 0 amide bonds. The van der Waals surface area contributed by atoms with Gasteiger partial charge in [0.05, 0.1) is 11.1 Å². The quantitative estimate of drug-likeness (QED) is 0.864. The summed E-state index contributed by atoms with van der Waals surface area (Å²) in [5, 5.41) is 5.25. The van der Waals surface area contributed by atoms with E-state index in [4.69, 9.17) is 27.6 Å². The molecule has 2 nitrogen and oxygen atoms in total. The molecule has 2 aromatic rings. The van der Waals surface area contributed by atoms with Gasteiger partial charge in [-0.25, -0.2) is 0 Å². The second kappa shape index (κ2) is 5.30. The molecule has 4 heteroatoms. The number of rotatable bonds is 4. The summed E-state index contributed by atoms with van der Waals surface area (Å²) >= 11 is 12.1. The molecule has 1 aromatic carbocycles. The Morgan fingerprint density at radius 3 is 2.76 bits per heavy atom. The molecule has 1 unspecified atom stereocenters. The van der Waals surface area contributed by atoms with Crippen LogP contribution in [0.1, 0.15) is 31.6 Å². The molecule has 1 aromatic heterocycles. The van der Waals surface area contributed by atoms with Crippen molar-refractivity contribution in [3.8, 4) is 0 Å². The number of hydrogen-bond donors (Lipinski definition) is 1. The molecule has 0 aliphatic rings. The fraction of sp³-hybridized carbons (Fsp3) is 0.385. The standard InChI is InChI=1S/C13H15Cl2NO/c1-3-4-10(16-2)11-7-8-5-6-9(14)12(15)13(8)17-11/h5-7,10,16H,3-4H2,1-2H3. The normalized spacial score (nSPS) is 13.2.